The first-order valence-corrected chi connectivity index (χ1v) is 6.18. The van der Waals surface area contributed by atoms with Crippen molar-refractivity contribution in [2.24, 2.45) is 0 Å². The standard InChI is InChI=1S/C8H18N2O2S/c1-8(6-4-3-5-7-8)10-13(11,12)9-2/h9-10H,3-7H2,1-2H3. The van der Waals surface area contributed by atoms with E-state index in [0.717, 1.165) is 25.7 Å². The van der Waals surface area contributed by atoms with E-state index >= 15 is 0 Å². The SMILES string of the molecule is CNS(=O)(=O)NC1(C)CCCCC1. The van der Waals surface area contributed by atoms with Crippen LogP contribution in [0.25, 0.3) is 0 Å². The van der Waals surface area contributed by atoms with Gasteiger partial charge in [0.2, 0.25) is 0 Å². The molecule has 0 amide bonds. The average molecular weight is 206 g/mol. The normalized spacial score (nSPS) is 22.9. The molecule has 0 aromatic rings. The zero-order valence-electron chi connectivity index (χ0n) is 8.26. The molecule has 4 nitrogen and oxygen atoms in total. The molecule has 0 atom stereocenters. The molecule has 0 unspecified atom stereocenters. The number of nitrogens with one attached hydrogen (secondary N) is 2. The molecule has 1 aliphatic carbocycles. The lowest BCUT2D eigenvalue weighted by molar-refractivity contribution is 0.293. The predicted octanol–water partition coefficient (Wildman–Crippen LogP) is 0.763. The topological polar surface area (TPSA) is 58.2 Å². The van der Waals surface area contributed by atoms with Crippen LogP contribution in [0.4, 0.5) is 0 Å². The van der Waals surface area contributed by atoms with Crippen LogP contribution in [0.5, 0.6) is 0 Å². The molecule has 1 aliphatic rings. The maximum absolute atomic E-state index is 11.3. The molecule has 0 heterocycles. The number of hydrogen-bond acceptors (Lipinski definition) is 2. The molecule has 78 valence electrons. The van der Waals surface area contributed by atoms with E-state index in [0.29, 0.717) is 0 Å². The van der Waals surface area contributed by atoms with Gasteiger partial charge >= 0.3 is 0 Å². The van der Waals surface area contributed by atoms with E-state index in [1.54, 1.807) is 0 Å². The molecule has 2 N–H and O–H groups in total. The summed E-state index contributed by atoms with van der Waals surface area (Å²) in [6.45, 7) is 1.97. The van der Waals surface area contributed by atoms with Crippen molar-refractivity contribution < 1.29 is 8.42 Å². The summed E-state index contributed by atoms with van der Waals surface area (Å²) in [6.07, 6.45) is 5.32. The Kier molecular flexibility index (Phi) is 3.32. The molecule has 1 rings (SSSR count). The second kappa shape index (κ2) is 3.94. The van der Waals surface area contributed by atoms with Crippen LogP contribution in [-0.4, -0.2) is 21.0 Å². The van der Waals surface area contributed by atoms with Gasteiger partial charge < -0.3 is 0 Å². The van der Waals surface area contributed by atoms with Crippen molar-refractivity contribution in [2.75, 3.05) is 7.05 Å². The van der Waals surface area contributed by atoms with Crippen LogP contribution < -0.4 is 9.44 Å². The largest absolute Gasteiger partial charge is 0.277 e. The smallest absolute Gasteiger partial charge is 0.205 e. The van der Waals surface area contributed by atoms with Crippen LogP contribution in [0.2, 0.25) is 0 Å². The van der Waals surface area contributed by atoms with Gasteiger partial charge in [-0.05, 0) is 19.8 Å². The van der Waals surface area contributed by atoms with Crippen molar-refractivity contribution in [3.05, 3.63) is 0 Å². The Morgan fingerprint density at radius 3 is 2.15 bits per heavy atom. The summed E-state index contributed by atoms with van der Waals surface area (Å²) in [5, 5.41) is 0. The van der Waals surface area contributed by atoms with Crippen LogP contribution in [0.15, 0.2) is 0 Å². The third-order valence-corrected chi connectivity index (χ3v) is 3.91. The fourth-order valence-corrected chi connectivity index (χ4v) is 2.76. The van der Waals surface area contributed by atoms with Crippen LogP contribution in [-0.2, 0) is 10.2 Å². The highest BCUT2D eigenvalue weighted by Crippen LogP contribution is 2.27. The van der Waals surface area contributed by atoms with E-state index in [4.69, 9.17) is 0 Å². The molecule has 0 aromatic carbocycles. The highest BCUT2D eigenvalue weighted by molar-refractivity contribution is 7.87. The minimum Gasteiger partial charge on any atom is -0.205 e. The van der Waals surface area contributed by atoms with E-state index < -0.39 is 10.2 Å². The van der Waals surface area contributed by atoms with Crippen molar-refractivity contribution in [1.29, 1.82) is 0 Å². The zero-order valence-corrected chi connectivity index (χ0v) is 9.08. The second-order valence-corrected chi connectivity index (χ2v) is 5.55. The third kappa shape index (κ3) is 3.25. The first-order valence-electron chi connectivity index (χ1n) is 4.70. The molecular weight excluding hydrogens is 188 g/mol. The molecule has 0 saturated heterocycles. The molecule has 0 aromatic heterocycles. The lowest BCUT2D eigenvalue weighted by atomic mass is 9.84. The van der Waals surface area contributed by atoms with E-state index in [-0.39, 0.29) is 5.54 Å². The van der Waals surface area contributed by atoms with Crippen LogP contribution >= 0.6 is 0 Å². The number of hydrogen-bond donors (Lipinski definition) is 2. The summed E-state index contributed by atoms with van der Waals surface area (Å²) in [5.41, 5.74) is -0.236. The van der Waals surface area contributed by atoms with Crippen molar-refractivity contribution in [2.45, 2.75) is 44.6 Å². The molecule has 1 fully saturated rings. The fraction of sp³-hybridized carbons (Fsp3) is 1.00. The summed E-state index contributed by atoms with van der Waals surface area (Å²) in [6, 6.07) is 0. The van der Waals surface area contributed by atoms with Gasteiger partial charge in [0.15, 0.2) is 0 Å². The van der Waals surface area contributed by atoms with E-state index in [1.165, 1.54) is 13.5 Å². The summed E-state index contributed by atoms with van der Waals surface area (Å²) in [7, 11) is -1.85. The Bertz CT molecular complexity index is 255. The highest BCUT2D eigenvalue weighted by Gasteiger charge is 2.30. The Morgan fingerprint density at radius 1 is 1.15 bits per heavy atom. The molecule has 0 aliphatic heterocycles. The molecule has 0 bridgehead atoms. The predicted molar refractivity (Wildman–Crippen MR) is 52.6 cm³/mol. The first kappa shape index (κ1) is 10.9. The maximum Gasteiger partial charge on any atom is 0.277 e. The van der Waals surface area contributed by atoms with Gasteiger partial charge in [-0.2, -0.15) is 13.1 Å². The molecule has 13 heavy (non-hydrogen) atoms. The third-order valence-electron chi connectivity index (χ3n) is 2.61. The molecule has 5 heteroatoms. The zero-order chi connectivity index (χ0) is 9.95. The molecule has 0 spiro atoms. The fourth-order valence-electron chi connectivity index (χ4n) is 1.81. The molecule has 0 radical (unpaired) electrons. The summed E-state index contributed by atoms with van der Waals surface area (Å²) < 4.78 is 27.5. The van der Waals surface area contributed by atoms with Gasteiger partial charge in [-0.3, -0.25) is 0 Å². The Labute approximate surface area is 80.3 Å². The van der Waals surface area contributed by atoms with Gasteiger partial charge in [0, 0.05) is 12.6 Å². The van der Waals surface area contributed by atoms with Crippen LogP contribution in [0.3, 0.4) is 0 Å². The molecular formula is C8H18N2O2S. The Balaban J connectivity index is 2.60. The van der Waals surface area contributed by atoms with Crippen molar-refractivity contribution >= 4 is 10.2 Å². The van der Waals surface area contributed by atoms with Crippen molar-refractivity contribution in [3.63, 3.8) is 0 Å². The quantitative estimate of drug-likeness (QED) is 0.716. The van der Waals surface area contributed by atoms with E-state index in [2.05, 4.69) is 9.44 Å². The monoisotopic (exact) mass is 206 g/mol. The second-order valence-electron chi connectivity index (χ2n) is 3.93. The van der Waals surface area contributed by atoms with Gasteiger partial charge in [0.1, 0.15) is 0 Å². The molecule has 1 saturated carbocycles. The van der Waals surface area contributed by atoms with E-state index in [1.807, 2.05) is 6.92 Å². The van der Waals surface area contributed by atoms with Gasteiger partial charge in [-0.1, -0.05) is 19.3 Å². The Morgan fingerprint density at radius 2 is 1.69 bits per heavy atom. The van der Waals surface area contributed by atoms with Gasteiger partial charge in [0.25, 0.3) is 10.2 Å². The summed E-state index contributed by atoms with van der Waals surface area (Å²) in [5.74, 6) is 0. The average Bonchev–Trinajstić information content (AvgIpc) is 2.04. The highest BCUT2D eigenvalue weighted by atomic mass is 32.2. The van der Waals surface area contributed by atoms with E-state index in [9.17, 15) is 8.42 Å². The number of rotatable bonds is 3. The lowest BCUT2D eigenvalue weighted by Crippen LogP contribution is -2.50. The summed E-state index contributed by atoms with van der Waals surface area (Å²) >= 11 is 0. The van der Waals surface area contributed by atoms with Crippen LogP contribution in [0, 0.1) is 0 Å². The van der Waals surface area contributed by atoms with Crippen LogP contribution in [0.1, 0.15) is 39.0 Å². The lowest BCUT2D eigenvalue weighted by Gasteiger charge is -2.33. The summed E-state index contributed by atoms with van der Waals surface area (Å²) in [4.78, 5) is 0. The van der Waals surface area contributed by atoms with Gasteiger partial charge in [-0.15, -0.1) is 0 Å². The minimum absolute atomic E-state index is 0.236. The minimum atomic E-state index is -3.28. The Hall–Kier alpha value is -0.130. The first-order chi connectivity index (χ1) is 5.97. The van der Waals surface area contributed by atoms with Crippen molar-refractivity contribution in [1.82, 2.24) is 9.44 Å². The van der Waals surface area contributed by atoms with Gasteiger partial charge in [-0.25, -0.2) is 4.72 Å². The van der Waals surface area contributed by atoms with Gasteiger partial charge in [0.05, 0.1) is 0 Å². The maximum atomic E-state index is 11.3. The van der Waals surface area contributed by atoms with Crippen molar-refractivity contribution in [3.8, 4) is 0 Å².